The first-order chi connectivity index (χ1) is 17.3. The molecule has 1 aromatic carbocycles. The third kappa shape index (κ3) is 5.99. The first-order valence-electron chi connectivity index (χ1n) is 13.4. The number of aryl methyl sites for hydroxylation is 3. The Morgan fingerprint density at radius 3 is 2.58 bits per heavy atom. The molecule has 1 aliphatic heterocycles. The lowest BCUT2D eigenvalue weighted by atomic mass is 9.87. The average Bonchev–Trinajstić information content (AvgIpc) is 3.18. The number of H-pyrrole nitrogens is 1. The van der Waals surface area contributed by atoms with Crippen LogP contribution in [0.1, 0.15) is 65.6 Å². The van der Waals surface area contributed by atoms with E-state index in [2.05, 4.69) is 89.0 Å². The number of benzene rings is 1. The van der Waals surface area contributed by atoms with Crippen molar-refractivity contribution in [3.63, 3.8) is 0 Å². The van der Waals surface area contributed by atoms with Gasteiger partial charge >= 0.3 is 0 Å². The number of likely N-dealkylation sites (tertiary alicyclic amines) is 1. The Bertz CT molecular complexity index is 1190. The van der Waals surface area contributed by atoms with Gasteiger partial charge in [0.2, 0.25) is 0 Å². The van der Waals surface area contributed by atoms with Crippen molar-refractivity contribution in [3.05, 3.63) is 76.7 Å². The highest BCUT2D eigenvalue weighted by molar-refractivity contribution is 7.27. The molecule has 3 atom stereocenters. The predicted molar refractivity (Wildman–Crippen MR) is 158 cm³/mol. The number of nitrogens with two attached hydrogens (primary N) is 1. The summed E-state index contributed by atoms with van der Waals surface area (Å²) in [4.78, 5) is 10.6. The van der Waals surface area contributed by atoms with Gasteiger partial charge in [0.1, 0.15) is 0 Å². The van der Waals surface area contributed by atoms with E-state index in [1.807, 2.05) is 6.20 Å². The van der Waals surface area contributed by atoms with Crippen LogP contribution in [0.15, 0.2) is 43.2 Å². The van der Waals surface area contributed by atoms with Crippen LogP contribution in [-0.2, 0) is 12.8 Å². The molecule has 0 spiro atoms. The van der Waals surface area contributed by atoms with Gasteiger partial charge in [0.25, 0.3) is 0 Å². The van der Waals surface area contributed by atoms with Gasteiger partial charge in [-0.3, -0.25) is 4.98 Å². The molecule has 3 heterocycles. The van der Waals surface area contributed by atoms with Gasteiger partial charge in [0, 0.05) is 53.4 Å². The Labute approximate surface area is 220 Å². The molecule has 3 aromatic rings. The molecule has 3 unspecified atom stereocenters. The summed E-state index contributed by atoms with van der Waals surface area (Å²) < 4.78 is 0. The Hall–Kier alpha value is -2.26. The van der Waals surface area contributed by atoms with E-state index in [4.69, 9.17) is 5.73 Å². The van der Waals surface area contributed by atoms with Crippen LogP contribution in [0.2, 0.25) is 0 Å². The monoisotopic (exact) mass is 502 g/mol. The minimum Gasteiger partial charge on any atom is -0.358 e. The lowest BCUT2D eigenvalue weighted by molar-refractivity contribution is 0.176. The van der Waals surface area contributed by atoms with E-state index in [-0.39, 0.29) is 6.04 Å². The van der Waals surface area contributed by atoms with E-state index in [1.54, 1.807) is 0 Å². The van der Waals surface area contributed by atoms with Crippen LogP contribution >= 0.6 is 9.24 Å². The number of nitrogens with zero attached hydrogens (tertiary/aromatic N) is 2. The summed E-state index contributed by atoms with van der Waals surface area (Å²) >= 11 is 0. The van der Waals surface area contributed by atoms with Crippen LogP contribution in [0.3, 0.4) is 0 Å². The Balaban J connectivity index is 0.000000286. The van der Waals surface area contributed by atoms with E-state index in [0.717, 1.165) is 19.3 Å². The van der Waals surface area contributed by atoms with Crippen molar-refractivity contribution in [2.75, 3.05) is 13.6 Å². The van der Waals surface area contributed by atoms with E-state index in [1.165, 1.54) is 87.9 Å². The summed E-state index contributed by atoms with van der Waals surface area (Å²) in [5.41, 5.74) is 17.8. The summed E-state index contributed by atoms with van der Waals surface area (Å²) in [5, 5.41) is 1.33. The fourth-order valence-corrected chi connectivity index (χ4v) is 6.03. The number of hydrogen-bond acceptors (Lipinski definition) is 3. The van der Waals surface area contributed by atoms with Gasteiger partial charge in [-0.2, -0.15) is 0 Å². The summed E-state index contributed by atoms with van der Waals surface area (Å²) in [6.45, 7) is 12.0. The zero-order valence-electron chi connectivity index (χ0n) is 22.5. The average molecular weight is 503 g/mol. The number of rotatable bonds is 4. The van der Waals surface area contributed by atoms with E-state index in [0.29, 0.717) is 6.04 Å². The fraction of sp³-hybridized carbons (Fsp3) is 0.452. The van der Waals surface area contributed by atoms with Crippen molar-refractivity contribution in [2.24, 2.45) is 5.73 Å². The largest absolute Gasteiger partial charge is 0.358 e. The summed E-state index contributed by atoms with van der Waals surface area (Å²) in [7, 11) is 5.01. The number of pyridine rings is 1. The van der Waals surface area contributed by atoms with Gasteiger partial charge in [-0.25, -0.2) is 0 Å². The molecule has 0 radical (unpaired) electrons. The highest BCUT2D eigenvalue weighted by Gasteiger charge is 2.26. The van der Waals surface area contributed by atoms with Crippen LogP contribution in [0.5, 0.6) is 0 Å². The first-order valence-corrected chi connectivity index (χ1v) is 13.9. The SMILES string of the molecule is C=C1CC(N)Cc2[nH]c(-c3ccncc3CCC3CCCCN3C)c(C)c21.Cc1cccc(C)c1P. The molecule has 4 nitrogen and oxygen atoms in total. The molecule has 2 aliphatic rings. The van der Waals surface area contributed by atoms with Crippen LogP contribution < -0.4 is 11.0 Å². The maximum absolute atomic E-state index is 6.22. The third-order valence-electron chi connectivity index (χ3n) is 8.04. The number of aromatic nitrogens is 2. The zero-order valence-corrected chi connectivity index (χ0v) is 23.7. The minimum atomic E-state index is 0.176. The van der Waals surface area contributed by atoms with Crippen LogP contribution in [0, 0.1) is 20.8 Å². The molecular weight excluding hydrogens is 459 g/mol. The van der Waals surface area contributed by atoms with Crippen molar-refractivity contribution in [2.45, 2.75) is 77.8 Å². The second-order valence-corrected chi connectivity index (χ2v) is 11.3. The summed E-state index contributed by atoms with van der Waals surface area (Å²) in [6, 6.07) is 9.35. The third-order valence-corrected chi connectivity index (χ3v) is 8.95. The molecule has 2 aromatic heterocycles. The van der Waals surface area contributed by atoms with Crippen molar-refractivity contribution < 1.29 is 0 Å². The van der Waals surface area contributed by atoms with Gasteiger partial charge in [-0.05, 0) is 106 Å². The van der Waals surface area contributed by atoms with Crippen molar-refractivity contribution >= 4 is 20.1 Å². The maximum Gasteiger partial charge on any atom is 0.0495 e. The van der Waals surface area contributed by atoms with Crippen LogP contribution in [0.4, 0.5) is 0 Å². The maximum atomic E-state index is 6.22. The molecule has 0 saturated carbocycles. The molecule has 192 valence electrons. The standard InChI is InChI=1S/C23H32N4.C8H11P/c1-15-12-18(24)13-21-22(15)16(2)23(26-21)20-9-10-25-14-17(20)7-8-19-6-4-5-11-27(19)3;1-6-4-3-5-7(2)8(6)9/h9-10,14,18-19,26H,1,4-8,11-13,24H2,2-3H3;3-5H,9H2,1-2H3. The fourth-order valence-electron chi connectivity index (χ4n) is 5.84. The minimum absolute atomic E-state index is 0.176. The van der Waals surface area contributed by atoms with Gasteiger partial charge in [0.05, 0.1) is 0 Å². The molecule has 36 heavy (non-hydrogen) atoms. The summed E-state index contributed by atoms with van der Waals surface area (Å²) in [5.74, 6) is 0. The van der Waals surface area contributed by atoms with E-state index < -0.39 is 0 Å². The van der Waals surface area contributed by atoms with Gasteiger partial charge < -0.3 is 15.6 Å². The highest BCUT2D eigenvalue weighted by Crippen LogP contribution is 2.38. The van der Waals surface area contributed by atoms with E-state index >= 15 is 0 Å². The number of piperidine rings is 1. The van der Waals surface area contributed by atoms with Gasteiger partial charge in [-0.1, -0.05) is 31.2 Å². The van der Waals surface area contributed by atoms with Crippen molar-refractivity contribution in [1.82, 2.24) is 14.9 Å². The van der Waals surface area contributed by atoms with Crippen molar-refractivity contribution in [1.29, 1.82) is 0 Å². The molecule has 1 saturated heterocycles. The number of hydrogen-bond donors (Lipinski definition) is 2. The lowest BCUT2D eigenvalue weighted by Crippen LogP contribution is -2.36. The smallest absolute Gasteiger partial charge is 0.0495 e. The molecular formula is C31H43N4P. The zero-order chi connectivity index (χ0) is 25.8. The molecule has 1 fully saturated rings. The lowest BCUT2D eigenvalue weighted by Gasteiger charge is -2.32. The number of aromatic amines is 1. The second-order valence-electron chi connectivity index (χ2n) is 10.8. The highest BCUT2D eigenvalue weighted by atomic mass is 31.0. The summed E-state index contributed by atoms with van der Waals surface area (Å²) in [6.07, 6.45) is 12.0. The van der Waals surface area contributed by atoms with Crippen LogP contribution in [-0.4, -0.2) is 40.5 Å². The van der Waals surface area contributed by atoms with Gasteiger partial charge in [-0.15, -0.1) is 9.24 Å². The van der Waals surface area contributed by atoms with Crippen LogP contribution in [0.25, 0.3) is 16.8 Å². The second kappa shape index (κ2) is 11.9. The molecule has 3 N–H and O–H groups in total. The normalized spacial score (nSPS) is 20.0. The number of fused-ring (bicyclic) bond motifs is 1. The number of nitrogens with one attached hydrogen (secondary N) is 1. The van der Waals surface area contributed by atoms with Crippen molar-refractivity contribution in [3.8, 4) is 11.3 Å². The quantitative estimate of drug-likeness (QED) is 0.437. The Morgan fingerprint density at radius 1 is 1.14 bits per heavy atom. The van der Waals surface area contributed by atoms with Gasteiger partial charge in [0.15, 0.2) is 0 Å². The predicted octanol–water partition coefficient (Wildman–Crippen LogP) is 5.89. The molecule has 5 rings (SSSR count). The molecule has 0 bridgehead atoms. The molecule has 1 aliphatic carbocycles. The van der Waals surface area contributed by atoms with E-state index in [9.17, 15) is 0 Å². The topological polar surface area (TPSA) is 57.9 Å². The first kappa shape index (κ1) is 26.8. The molecule has 0 amide bonds. The Kier molecular flexibility index (Phi) is 8.83. The molecule has 5 heteroatoms. The Morgan fingerprint density at radius 2 is 1.89 bits per heavy atom.